The van der Waals surface area contributed by atoms with E-state index in [2.05, 4.69) is 0 Å². The number of hydrogen-bond acceptors (Lipinski definition) is 2. The molecule has 0 aliphatic heterocycles. The van der Waals surface area contributed by atoms with Gasteiger partial charge in [0.25, 0.3) is 0 Å². The molecule has 1 aromatic rings. The van der Waals surface area contributed by atoms with Crippen molar-refractivity contribution in [2.75, 3.05) is 0 Å². The van der Waals surface area contributed by atoms with E-state index in [9.17, 15) is 4.79 Å². The van der Waals surface area contributed by atoms with E-state index < -0.39 is 5.97 Å². The summed E-state index contributed by atoms with van der Waals surface area (Å²) in [6.45, 7) is 0. The molecule has 0 bridgehead atoms. The Morgan fingerprint density at radius 2 is 2.20 bits per heavy atom. The van der Waals surface area contributed by atoms with E-state index in [0.29, 0.717) is 5.56 Å². The van der Waals surface area contributed by atoms with E-state index in [1.54, 1.807) is 12.1 Å². The predicted octanol–water partition coefficient (Wildman–Crippen LogP) is 2.14. The first-order chi connectivity index (χ1) is 6.68. The molecule has 1 atom stereocenters. The highest BCUT2D eigenvalue weighted by Gasteiger charge is 2.18. The Morgan fingerprint density at radius 1 is 1.47 bits per heavy atom. The van der Waals surface area contributed by atoms with Crippen LogP contribution in [-0.2, 0) is 6.42 Å². The molecular formula is C11H14ClNO2. The molecule has 82 valence electrons. The Kier molecular flexibility index (Phi) is 3.72. The topological polar surface area (TPSA) is 63.3 Å². The minimum Gasteiger partial charge on any atom is -0.478 e. The number of carboxylic acids is 1. The second-order valence-electron chi connectivity index (χ2n) is 3.72. The molecule has 1 aliphatic carbocycles. The first-order valence-electron chi connectivity index (χ1n) is 4.80. The molecule has 0 spiro atoms. The van der Waals surface area contributed by atoms with Crippen molar-refractivity contribution >= 4 is 18.4 Å². The number of rotatable bonds is 1. The molecule has 3 N–H and O–H groups in total. The molecule has 0 fully saturated rings. The number of aryl methyl sites for hydroxylation is 1. The number of fused-ring (bicyclic) bond motifs is 1. The second-order valence-corrected chi connectivity index (χ2v) is 3.72. The van der Waals surface area contributed by atoms with Gasteiger partial charge in [0.1, 0.15) is 0 Å². The third-order valence-corrected chi connectivity index (χ3v) is 2.75. The van der Waals surface area contributed by atoms with Crippen LogP contribution in [0.15, 0.2) is 18.2 Å². The van der Waals surface area contributed by atoms with Gasteiger partial charge < -0.3 is 10.8 Å². The number of nitrogens with two attached hydrogens (primary N) is 1. The molecule has 0 unspecified atom stereocenters. The van der Waals surface area contributed by atoms with Crippen molar-refractivity contribution in [3.8, 4) is 0 Å². The van der Waals surface area contributed by atoms with Crippen molar-refractivity contribution in [1.82, 2.24) is 0 Å². The number of aromatic carboxylic acids is 1. The smallest absolute Gasteiger partial charge is 0.335 e. The fourth-order valence-electron chi connectivity index (χ4n) is 1.97. The lowest BCUT2D eigenvalue weighted by atomic mass is 9.87. The van der Waals surface area contributed by atoms with Crippen molar-refractivity contribution < 1.29 is 9.90 Å². The van der Waals surface area contributed by atoms with E-state index in [-0.39, 0.29) is 18.4 Å². The van der Waals surface area contributed by atoms with E-state index in [0.717, 1.165) is 24.8 Å². The van der Waals surface area contributed by atoms with Crippen molar-refractivity contribution in [2.45, 2.75) is 25.3 Å². The fourth-order valence-corrected chi connectivity index (χ4v) is 1.97. The van der Waals surface area contributed by atoms with E-state index in [1.165, 1.54) is 5.56 Å². The Bertz CT molecular complexity index is 379. The Labute approximate surface area is 94.7 Å². The first-order valence-corrected chi connectivity index (χ1v) is 4.80. The normalized spacial score (nSPS) is 18.9. The summed E-state index contributed by atoms with van der Waals surface area (Å²) in [5.41, 5.74) is 8.47. The van der Waals surface area contributed by atoms with Crippen molar-refractivity contribution in [2.24, 2.45) is 5.73 Å². The molecule has 0 saturated carbocycles. The zero-order chi connectivity index (χ0) is 10.1. The van der Waals surface area contributed by atoms with Crippen LogP contribution in [0.25, 0.3) is 0 Å². The van der Waals surface area contributed by atoms with Crippen molar-refractivity contribution in [3.05, 3.63) is 34.9 Å². The van der Waals surface area contributed by atoms with Gasteiger partial charge in [0.15, 0.2) is 0 Å². The molecular weight excluding hydrogens is 214 g/mol. The molecule has 15 heavy (non-hydrogen) atoms. The average molecular weight is 228 g/mol. The average Bonchev–Trinajstić information content (AvgIpc) is 2.18. The monoisotopic (exact) mass is 227 g/mol. The number of carboxylic acid groups (broad SMARTS) is 1. The van der Waals surface area contributed by atoms with E-state index in [4.69, 9.17) is 10.8 Å². The highest BCUT2D eigenvalue weighted by molar-refractivity contribution is 5.88. The lowest BCUT2D eigenvalue weighted by molar-refractivity contribution is 0.0696. The first kappa shape index (κ1) is 12.0. The highest BCUT2D eigenvalue weighted by Crippen LogP contribution is 2.28. The molecule has 4 heteroatoms. The summed E-state index contributed by atoms with van der Waals surface area (Å²) in [4.78, 5) is 10.8. The summed E-state index contributed by atoms with van der Waals surface area (Å²) in [6, 6.07) is 5.26. The SMILES string of the molecule is Cl.N[C@H]1CCCc2ccc(C(=O)O)cc21. The van der Waals surface area contributed by atoms with E-state index >= 15 is 0 Å². The maximum atomic E-state index is 10.8. The summed E-state index contributed by atoms with van der Waals surface area (Å²) in [6.07, 6.45) is 3.07. The molecule has 3 nitrogen and oxygen atoms in total. The van der Waals surface area contributed by atoms with Gasteiger partial charge in [-0.1, -0.05) is 6.07 Å². The fraction of sp³-hybridized carbons (Fsp3) is 0.364. The van der Waals surface area contributed by atoms with Crippen LogP contribution < -0.4 is 5.73 Å². The van der Waals surface area contributed by atoms with Crippen LogP contribution in [0.4, 0.5) is 0 Å². The molecule has 2 rings (SSSR count). The molecule has 0 amide bonds. The summed E-state index contributed by atoms with van der Waals surface area (Å²) >= 11 is 0. The Hall–Kier alpha value is -1.06. The maximum absolute atomic E-state index is 10.8. The van der Waals surface area contributed by atoms with Gasteiger partial charge in [0.05, 0.1) is 5.56 Å². The summed E-state index contributed by atoms with van der Waals surface area (Å²) in [5.74, 6) is -0.884. The van der Waals surface area contributed by atoms with Crippen LogP contribution in [-0.4, -0.2) is 11.1 Å². The van der Waals surface area contributed by atoms with Gasteiger partial charge >= 0.3 is 5.97 Å². The molecule has 0 radical (unpaired) electrons. The summed E-state index contributed by atoms with van der Waals surface area (Å²) < 4.78 is 0. The van der Waals surface area contributed by atoms with Crippen molar-refractivity contribution in [1.29, 1.82) is 0 Å². The molecule has 0 aromatic heterocycles. The second kappa shape index (κ2) is 4.64. The molecule has 1 aromatic carbocycles. The van der Waals surface area contributed by atoms with Gasteiger partial charge in [-0.15, -0.1) is 12.4 Å². The van der Waals surface area contributed by atoms with Gasteiger partial charge in [-0.3, -0.25) is 0 Å². The van der Waals surface area contributed by atoms with Gasteiger partial charge in [0, 0.05) is 6.04 Å². The van der Waals surface area contributed by atoms with Crippen LogP contribution in [0.2, 0.25) is 0 Å². The summed E-state index contributed by atoms with van der Waals surface area (Å²) in [5, 5.41) is 8.83. The van der Waals surface area contributed by atoms with Crippen LogP contribution >= 0.6 is 12.4 Å². The quantitative estimate of drug-likeness (QED) is 0.773. The molecule has 0 saturated heterocycles. The third-order valence-electron chi connectivity index (χ3n) is 2.75. The number of carbonyl (C=O) groups is 1. The highest BCUT2D eigenvalue weighted by atomic mass is 35.5. The summed E-state index contributed by atoms with van der Waals surface area (Å²) in [7, 11) is 0. The third kappa shape index (κ3) is 2.30. The minimum absolute atomic E-state index is 0. The van der Waals surface area contributed by atoms with Crippen LogP contribution in [0.3, 0.4) is 0 Å². The van der Waals surface area contributed by atoms with E-state index in [1.807, 2.05) is 6.07 Å². The largest absolute Gasteiger partial charge is 0.478 e. The lowest BCUT2D eigenvalue weighted by Gasteiger charge is -2.22. The zero-order valence-electron chi connectivity index (χ0n) is 8.27. The molecule has 0 heterocycles. The van der Waals surface area contributed by atoms with Crippen molar-refractivity contribution in [3.63, 3.8) is 0 Å². The number of hydrogen-bond donors (Lipinski definition) is 2. The predicted molar refractivity (Wildman–Crippen MR) is 60.5 cm³/mol. The van der Waals surface area contributed by atoms with Gasteiger partial charge in [-0.25, -0.2) is 4.79 Å². The van der Waals surface area contributed by atoms with Gasteiger partial charge in [0.2, 0.25) is 0 Å². The number of halogens is 1. The van der Waals surface area contributed by atoms with Crippen LogP contribution in [0.1, 0.15) is 40.4 Å². The van der Waals surface area contributed by atoms with Crippen LogP contribution in [0.5, 0.6) is 0 Å². The lowest BCUT2D eigenvalue weighted by Crippen LogP contribution is -2.18. The molecule has 1 aliphatic rings. The maximum Gasteiger partial charge on any atom is 0.335 e. The standard InChI is InChI=1S/C11H13NO2.ClH/c12-10-3-1-2-7-4-5-8(11(13)14)6-9(7)10;/h4-6,10H,1-3,12H2,(H,13,14);1H/t10-;/m0./s1. The minimum atomic E-state index is -0.884. The Balaban J connectivity index is 0.00000112. The Morgan fingerprint density at radius 3 is 2.87 bits per heavy atom. The van der Waals surface area contributed by atoms with Gasteiger partial charge in [-0.2, -0.15) is 0 Å². The van der Waals surface area contributed by atoms with Gasteiger partial charge in [-0.05, 0) is 42.5 Å². The number of benzene rings is 1. The van der Waals surface area contributed by atoms with Crippen LogP contribution in [0, 0.1) is 0 Å². The zero-order valence-corrected chi connectivity index (χ0v) is 9.09.